The summed E-state index contributed by atoms with van der Waals surface area (Å²) in [6, 6.07) is 6.89. The topological polar surface area (TPSA) is 75.2 Å². The molecule has 0 radical (unpaired) electrons. The minimum Gasteiger partial charge on any atom is -0.378 e. The third kappa shape index (κ3) is 4.35. The van der Waals surface area contributed by atoms with Crippen molar-refractivity contribution in [3.63, 3.8) is 0 Å². The van der Waals surface area contributed by atoms with Gasteiger partial charge in [-0.25, -0.2) is 18.7 Å². The Morgan fingerprint density at radius 3 is 2.78 bits per heavy atom. The van der Waals surface area contributed by atoms with E-state index >= 15 is 4.39 Å². The summed E-state index contributed by atoms with van der Waals surface area (Å²) < 4.78 is 35.4. The van der Waals surface area contributed by atoms with Crippen molar-refractivity contribution < 1.29 is 13.5 Å². The van der Waals surface area contributed by atoms with Crippen LogP contribution in [0.25, 0.3) is 22.3 Å². The van der Waals surface area contributed by atoms with Gasteiger partial charge in [0, 0.05) is 37.6 Å². The van der Waals surface area contributed by atoms with Crippen molar-refractivity contribution in [1.82, 2.24) is 20.3 Å². The van der Waals surface area contributed by atoms with Gasteiger partial charge in [0.15, 0.2) is 5.82 Å². The van der Waals surface area contributed by atoms with E-state index in [0.717, 1.165) is 13.0 Å². The molecule has 0 spiro atoms. The Morgan fingerprint density at radius 1 is 1.16 bits per heavy atom. The molecule has 0 unspecified atom stereocenters. The zero-order chi connectivity index (χ0) is 22.0. The van der Waals surface area contributed by atoms with E-state index in [2.05, 4.69) is 25.6 Å². The highest BCUT2D eigenvalue weighted by molar-refractivity contribution is 5.88. The number of anilines is 2. The van der Waals surface area contributed by atoms with Crippen LogP contribution in [-0.2, 0) is 4.74 Å². The Labute approximate surface area is 185 Å². The number of rotatable bonds is 5. The van der Waals surface area contributed by atoms with Crippen molar-refractivity contribution in [2.75, 3.05) is 56.2 Å². The van der Waals surface area contributed by atoms with Crippen molar-refractivity contribution in [3.8, 4) is 11.3 Å². The van der Waals surface area contributed by atoms with E-state index in [4.69, 9.17) is 4.74 Å². The SMILES string of the molecule is Fc1cc(-c2cc3nccnc3c(NC[C@@]3(F)CCCNC3)n2)ccc1N1CCOCC1. The maximum Gasteiger partial charge on any atom is 0.155 e. The zero-order valence-electron chi connectivity index (χ0n) is 17.8. The molecule has 0 amide bonds. The van der Waals surface area contributed by atoms with Crippen LogP contribution < -0.4 is 15.5 Å². The average Bonchev–Trinajstić information content (AvgIpc) is 2.83. The number of fused-ring (bicyclic) bond motifs is 1. The third-order valence-electron chi connectivity index (χ3n) is 6.04. The lowest BCUT2D eigenvalue weighted by atomic mass is 9.96. The monoisotopic (exact) mass is 440 g/mol. The van der Waals surface area contributed by atoms with E-state index in [1.807, 2.05) is 11.0 Å². The van der Waals surface area contributed by atoms with Crippen molar-refractivity contribution in [1.29, 1.82) is 0 Å². The van der Waals surface area contributed by atoms with Crippen LogP contribution in [0.4, 0.5) is 20.3 Å². The predicted octanol–water partition coefficient (Wildman–Crippen LogP) is 3.17. The Hall–Kier alpha value is -2.91. The quantitative estimate of drug-likeness (QED) is 0.631. The molecule has 1 aromatic carbocycles. The lowest BCUT2D eigenvalue weighted by Gasteiger charge is -2.30. The molecule has 2 saturated heterocycles. The molecule has 0 bridgehead atoms. The summed E-state index contributed by atoms with van der Waals surface area (Å²) in [5, 5.41) is 6.25. The molecule has 0 saturated carbocycles. The molecule has 4 heterocycles. The molecular weight excluding hydrogens is 414 g/mol. The van der Waals surface area contributed by atoms with Gasteiger partial charge in [-0.05, 0) is 37.6 Å². The number of benzene rings is 1. The maximum absolute atomic E-state index is 15.1. The van der Waals surface area contributed by atoms with Crippen LogP contribution in [0.1, 0.15) is 12.8 Å². The highest BCUT2D eigenvalue weighted by Crippen LogP contribution is 2.30. The van der Waals surface area contributed by atoms with Gasteiger partial charge in [0.05, 0.1) is 36.7 Å². The van der Waals surface area contributed by atoms with Crippen LogP contribution >= 0.6 is 0 Å². The van der Waals surface area contributed by atoms with Gasteiger partial charge in [0.2, 0.25) is 0 Å². The molecule has 1 atom stereocenters. The summed E-state index contributed by atoms with van der Waals surface area (Å²) in [5.74, 6) is 0.141. The lowest BCUT2D eigenvalue weighted by Crippen LogP contribution is -2.46. The number of alkyl halides is 1. The van der Waals surface area contributed by atoms with Gasteiger partial charge >= 0.3 is 0 Å². The van der Waals surface area contributed by atoms with E-state index in [1.54, 1.807) is 24.5 Å². The molecule has 3 aromatic rings. The van der Waals surface area contributed by atoms with Crippen LogP contribution in [0.2, 0.25) is 0 Å². The molecule has 2 aliphatic rings. The van der Waals surface area contributed by atoms with Gasteiger partial charge in [-0.2, -0.15) is 0 Å². The summed E-state index contributed by atoms with van der Waals surface area (Å²) in [4.78, 5) is 15.4. The predicted molar refractivity (Wildman–Crippen MR) is 120 cm³/mol. The normalized spacial score (nSPS) is 21.6. The number of piperidine rings is 1. The molecule has 2 aliphatic heterocycles. The molecular formula is C23H26F2N6O. The number of nitrogens with one attached hydrogen (secondary N) is 2. The Morgan fingerprint density at radius 2 is 2.00 bits per heavy atom. The second-order valence-electron chi connectivity index (χ2n) is 8.33. The van der Waals surface area contributed by atoms with Crippen molar-refractivity contribution >= 4 is 22.5 Å². The summed E-state index contributed by atoms with van der Waals surface area (Å²) in [6.07, 6.45) is 4.46. The Kier molecular flexibility index (Phi) is 5.84. The molecule has 2 N–H and O–H groups in total. The largest absolute Gasteiger partial charge is 0.378 e. The van der Waals surface area contributed by atoms with E-state index in [1.165, 1.54) is 6.07 Å². The first-order valence-corrected chi connectivity index (χ1v) is 11.0. The number of aromatic nitrogens is 3. The van der Waals surface area contributed by atoms with Crippen molar-refractivity contribution in [2.45, 2.75) is 18.5 Å². The van der Waals surface area contributed by atoms with Gasteiger partial charge < -0.3 is 20.3 Å². The van der Waals surface area contributed by atoms with E-state index in [-0.39, 0.29) is 12.4 Å². The molecule has 32 heavy (non-hydrogen) atoms. The minimum absolute atomic E-state index is 0.118. The van der Waals surface area contributed by atoms with Crippen LogP contribution in [-0.4, -0.2) is 66.6 Å². The number of morpholine rings is 1. The fourth-order valence-corrected chi connectivity index (χ4v) is 4.29. The third-order valence-corrected chi connectivity index (χ3v) is 6.04. The van der Waals surface area contributed by atoms with Gasteiger partial charge in [-0.3, -0.25) is 4.98 Å². The van der Waals surface area contributed by atoms with Crippen molar-refractivity contribution in [2.24, 2.45) is 0 Å². The number of pyridine rings is 1. The standard InChI is InChI=1S/C23H26F2N6O/c24-17-12-16(2-3-20(17)31-8-10-32-11-9-31)18-13-19-21(28-7-6-27-19)22(30-18)29-15-23(25)4-1-5-26-14-23/h2-3,6-7,12-13,26H,1,4-5,8-11,14-15H2,(H,29,30)/t23-/m1/s1. The van der Waals surface area contributed by atoms with Gasteiger partial charge in [-0.15, -0.1) is 0 Å². The van der Waals surface area contributed by atoms with Crippen LogP contribution in [0.5, 0.6) is 0 Å². The molecule has 168 valence electrons. The second kappa shape index (κ2) is 8.91. The van der Waals surface area contributed by atoms with Crippen LogP contribution in [0.15, 0.2) is 36.7 Å². The molecule has 0 aliphatic carbocycles. The Balaban J connectivity index is 1.45. The second-order valence-corrected chi connectivity index (χ2v) is 8.33. The fraction of sp³-hybridized carbons (Fsp3) is 0.435. The lowest BCUT2D eigenvalue weighted by molar-refractivity contribution is 0.122. The summed E-state index contributed by atoms with van der Waals surface area (Å²) in [5.41, 5.74) is 1.57. The molecule has 5 rings (SSSR count). The first kappa shape index (κ1) is 21.0. The zero-order valence-corrected chi connectivity index (χ0v) is 17.8. The highest BCUT2D eigenvalue weighted by Gasteiger charge is 2.31. The number of nitrogens with zero attached hydrogens (tertiary/aromatic N) is 4. The fourth-order valence-electron chi connectivity index (χ4n) is 4.29. The van der Waals surface area contributed by atoms with E-state index < -0.39 is 5.67 Å². The van der Waals surface area contributed by atoms with Crippen molar-refractivity contribution in [3.05, 3.63) is 42.5 Å². The molecule has 2 aromatic heterocycles. The summed E-state index contributed by atoms with van der Waals surface area (Å²) in [7, 11) is 0. The smallest absolute Gasteiger partial charge is 0.155 e. The molecule has 9 heteroatoms. The summed E-state index contributed by atoms with van der Waals surface area (Å²) in [6.45, 7) is 3.76. The van der Waals surface area contributed by atoms with Crippen LogP contribution in [0.3, 0.4) is 0 Å². The highest BCUT2D eigenvalue weighted by atomic mass is 19.1. The molecule has 2 fully saturated rings. The van der Waals surface area contributed by atoms with Gasteiger partial charge in [0.1, 0.15) is 17.0 Å². The number of halogens is 2. The molecule has 7 nitrogen and oxygen atoms in total. The van der Waals surface area contributed by atoms with Gasteiger partial charge in [-0.1, -0.05) is 6.07 Å². The Bertz CT molecular complexity index is 1100. The van der Waals surface area contributed by atoms with E-state index in [9.17, 15) is 4.39 Å². The minimum atomic E-state index is -1.35. The van der Waals surface area contributed by atoms with Gasteiger partial charge in [0.25, 0.3) is 0 Å². The average molecular weight is 440 g/mol. The first-order chi connectivity index (χ1) is 15.6. The maximum atomic E-state index is 15.1. The summed E-state index contributed by atoms with van der Waals surface area (Å²) >= 11 is 0. The van der Waals surface area contributed by atoms with E-state index in [0.29, 0.717) is 73.1 Å². The number of hydrogen-bond acceptors (Lipinski definition) is 7. The number of ether oxygens (including phenoxy) is 1. The number of hydrogen-bond donors (Lipinski definition) is 2. The van der Waals surface area contributed by atoms with Crippen LogP contribution in [0, 0.1) is 5.82 Å². The first-order valence-electron chi connectivity index (χ1n) is 11.0.